The Morgan fingerprint density at radius 2 is 0.740 bits per heavy atom. The summed E-state index contributed by atoms with van der Waals surface area (Å²) < 4.78 is 49.2. The molecule has 0 spiro atoms. The van der Waals surface area contributed by atoms with E-state index in [1.807, 2.05) is 122 Å². The Morgan fingerprint density at radius 3 is 1.05 bits per heavy atom. The molecule has 3 aliphatic rings. The van der Waals surface area contributed by atoms with Gasteiger partial charge in [0.2, 0.25) is 11.2 Å². The number of fused-ring (bicyclic) bond motifs is 3. The van der Waals surface area contributed by atoms with Gasteiger partial charge in [-0.1, -0.05) is 161 Å². The van der Waals surface area contributed by atoms with Crippen molar-refractivity contribution >= 4 is 116 Å². The second-order valence-electron chi connectivity index (χ2n) is 34.5. The summed E-state index contributed by atoms with van der Waals surface area (Å²) in [6, 6.07) is 24.1. The molecule has 3 saturated heterocycles. The molecular formula is C95H109BrCl4F3N19O4Zn. The number of rotatable bonds is 15. The summed E-state index contributed by atoms with van der Waals surface area (Å²) in [5.41, 5.74) is 6.07. The number of aryl methyl sites for hydroxylation is 3. The van der Waals surface area contributed by atoms with Crippen LogP contribution in [-0.4, -0.2) is 135 Å². The van der Waals surface area contributed by atoms with Crippen LogP contribution in [0.4, 0.5) is 30.6 Å². The molecule has 3 aliphatic heterocycles. The van der Waals surface area contributed by atoms with Crippen LogP contribution < -0.4 is 31.8 Å². The minimum atomic E-state index is -0.572. The number of piperazine rings is 1. The number of hydrogen-bond donors (Lipinski definition) is 0. The number of benzene rings is 3. The van der Waals surface area contributed by atoms with E-state index in [0.29, 0.717) is 127 Å². The van der Waals surface area contributed by atoms with Crippen molar-refractivity contribution in [2.75, 3.05) is 40.9 Å². The van der Waals surface area contributed by atoms with Crippen molar-refractivity contribution in [3.8, 4) is 50.8 Å². The first-order valence-electron chi connectivity index (χ1n) is 43.0. The zero-order valence-corrected chi connectivity index (χ0v) is 83.5. The van der Waals surface area contributed by atoms with Gasteiger partial charge in [0, 0.05) is 78.9 Å². The van der Waals surface area contributed by atoms with Crippen LogP contribution in [-0.2, 0) is 21.1 Å². The summed E-state index contributed by atoms with van der Waals surface area (Å²) in [4.78, 5) is 119. The van der Waals surface area contributed by atoms with Crippen LogP contribution in [0.3, 0.4) is 0 Å². The molecule has 0 radical (unpaired) electrons. The zero-order valence-electron chi connectivity index (χ0n) is 75.9. The van der Waals surface area contributed by atoms with E-state index in [9.17, 15) is 28.0 Å². The van der Waals surface area contributed by atoms with Crippen LogP contribution in [0.15, 0.2) is 118 Å². The van der Waals surface area contributed by atoms with Crippen molar-refractivity contribution in [2.45, 2.75) is 225 Å². The summed E-state index contributed by atoms with van der Waals surface area (Å²) in [6.45, 7) is 48.2. The minimum absolute atomic E-state index is 0.00266. The first kappa shape index (κ1) is 98.0. The fourth-order valence-electron chi connectivity index (χ4n) is 16.4. The molecule has 3 aromatic carbocycles. The van der Waals surface area contributed by atoms with Gasteiger partial charge in [0.05, 0.1) is 99.5 Å². The van der Waals surface area contributed by atoms with Crippen molar-refractivity contribution in [3.05, 3.63) is 225 Å². The molecule has 6 atom stereocenters. The summed E-state index contributed by atoms with van der Waals surface area (Å²) in [5.74, 6) is 2.25. The number of halogens is 8. The van der Waals surface area contributed by atoms with E-state index in [4.69, 9.17) is 81.3 Å². The van der Waals surface area contributed by atoms with Crippen molar-refractivity contribution in [1.82, 2.24) is 78.4 Å². The molecule has 0 saturated carbocycles. The van der Waals surface area contributed by atoms with Gasteiger partial charge in [0.15, 0.2) is 16.9 Å². The van der Waals surface area contributed by atoms with Crippen LogP contribution in [0.5, 0.6) is 0 Å². The summed E-state index contributed by atoms with van der Waals surface area (Å²) in [7, 11) is 0. The normalized spacial score (nSPS) is 17.1. The molecule has 0 bridgehead atoms. The molecule has 0 unspecified atom stereocenters. The van der Waals surface area contributed by atoms with Crippen molar-refractivity contribution in [3.63, 3.8) is 0 Å². The fourth-order valence-corrected chi connectivity index (χ4v) is 17.4. The Balaban J connectivity index is 0.000000180. The summed E-state index contributed by atoms with van der Waals surface area (Å²) >= 11 is 30.8. The quantitative estimate of drug-likeness (QED) is 0.0400. The van der Waals surface area contributed by atoms with Gasteiger partial charge in [-0.05, 0) is 176 Å². The molecule has 0 aliphatic carbocycles. The number of piperidine rings is 2. The third-order valence-electron chi connectivity index (χ3n) is 22.9. The maximum absolute atomic E-state index is 15.1. The van der Waals surface area contributed by atoms with Crippen LogP contribution in [0, 0.1) is 56.5 Å². The second-order valence-corrected chi connectivity index (χ2v) is 36.1. The average Bonchev–Trinajstić information content (AvgIpc) is 0.741. The average molecular weight is 1930 g/mol. The van der Waals surface area contributed by atoms with Gasteiger partial charge in [0.1, 0.15) is 46.6 Å². The van der Waals surface area contributed by atoms with E-state index in [-0.39, 0.29) is 119 Å². The van der Waals surface area contributed by atoms with Crippen LogP contribution >= 0.6 is 60.0 Å². The molecule has 23 nitrogen and oxygen atoms in total. The van der Waals surface area contributed by atoms with Crippen molar-refractivity contribution in [2.24, 2.45) is 11.8 Å². The Morgan fingerprint density at radius 1 is 0.433 bits per heavy atom. The Kier molecular flexibility index (Phi) is 32.3. The standard InChI is InChI=1S/C33H37ClFN7O2.C31H36ClFN6O.C28H29Cl2FN6O.C3H7.BrH.Zn/c1-9-26(43)40-15-20(7)41(16-19(40)6)31-23-14-24(34)28(22-12-10-11-13-25(22)35)38-32(23)42(33(44)39-31)29-21(8)36-30(18(4)5)37-27(29)17(2)3;1-16(2)25-27(20(7)34-28(35-25)17(3)4)39-30-22(14-23(32)26(36-30)21-10-8-9-11-24(21)33)29(37-31(39)40)38-15-18(5)12-13-19(38)6;1-14(2)22-24(17(5)32-27(30)34-22)37-26-19(12-20(29)23(33-26)18-8-6-7-9-21(18)31)25(35-28(37)38)36-13-15(3)10-11-16(36)4;1-3-2;;/h9-14,17-20H,1,15-16H2,2-8H3;8-11,14,16-19H,12-13,15H2,1-7H3;6-9,12,14-16H,10-11,13H2,1-5H3;3H,1-2H3;1H;/q;;;-1;;+2/p-1/t19-,20+;18-,19-;15-,16-;;;/m100.../s1. The van der Waals surface area contributed by atoms with Gasteiger partial charge in [-0.15, -0.1) is 0 Å². The van der Waals surface area contributed by atoms with E-state index in [1.165, 1.54) is 54.3 Å². The molecular weight excluding hydrogens is 1820 g/mol. The molecule has 1 amide bonds. The Hall–Kier alpha value is -9.57. The first-order chi connectivity index (χ1) is 60.3. The maximum atomic E-state index is 15.1. The molecule has 12 heterocycles. The number of anilines is 3. The van der Waals surface area contributed by atoms with E-state index in [1.54, 1.807) is 84.6 Å². The Bertz CT molecular complexity index is 6320. The van der Waals surface area contributed by atoms with Crippen molar-refractivity contribution < 1.29 is 34.3 Å². The van der Waals surface area contributed by atoms with Gasteiger partial charge < -0.3 is 26.0 Å². The number of pyridine rings is 3. The molecule has 127 heavy (non-hydrogen) atoms. The molecule has 12 aromatic rings. The Labute approximate surface area is 777 Å². The number of amides is 1. The number of nitrogens with zero attached hydrogens (tertiary/aromatic N) is 19. The van der Waals surface area contributed by atoms with Crippen LogP contribution in [0.1, 0.15) is 226 Å². The molecule has 15 rings (SSSR count). The van der Waals surface area contributed by atoms with Crippen LogP contribution in [0.25, 0.3) is 83.9 Å². The van der Waals surface area contributed by atoms with E-state index < -0.39 is 34.5 Å². The van der Waals surface area contributed by atoms with Gasteiger partial charge in [0.25, 0.3) is 0 Å². The monoisotopic (exact) mass is 1920 g/mol. The number of aromatic nitrogens is 15. The van der Waals surface area contributed by atoms with Gasteiger partial charge in [-0.2, -0.15) is 28.8 Å². The third kappa shape index (κ3) is 20.7. The predicted molar refractivity (Wildman–Crippen MR) is 506 cm³/mol. The summed E-state index contributed by atoms with van der Waals surface area (Å²) in [6.07, 6.45) is 7.48. The van der Waals surface area contributed by atoms with E-state index in [0.717, 1.165) is 44.5 Å². The van der Waals surface area contributed by atoms with E-state index in [2.05, 4.69) is 82.6 Å². The third-order valence-corrected chi connectivity index (χ3v) is 23.9. The van der Waals surface area contributed by atoms with E-state index >= 15 is 4.39 Å². The molecule has 666 valence electrons. The first-order valence-corrected chi connectivity index (χ1v) is 51.5. The number of carbonyl (C=O) groups is 1. The number of carbonyl (C=O) groups excluding carboxylic acids is 1. The predicted octanol–water partition coefficient (Wildman–Crippen LogP) is 22.2. The zero-order chi connectivity index (χ0) is 92.9. The van der Waals surface area contributed by atoms with Crippen LogP contribution in [0.2, 0.25) is 20.4 Å². The number of hydrogen-bond acceptors (Lipinski definition) is 19. The fraction of sp³-hybridized carbons (Fsp3) is 0.421. The van der Waals surface area contributed by atoms with Crippen molar-refractivity contribution in [1.29, 1.82) is 0 Å². The second kappa shape index (κ2) is 41.9. The molecule has 0 N–H and O–H groups in total. The molecule has 32 heteroatoms. The topological polar surface area (TPSA) is 251 Å². The van der Waals surface area contributed by atoms with Gasteiger partial charge >= 0.3 is 47.0 Å². The molecule has 9 aromatic heterocycles. The SMILES string of the molecule is C=CC(=O)N1C[C@H](C)N(c2nc(=O)n(-c3c(C)nc(C(C)C)nc3C(C)C)c3nc(-c4ccccc4F)c(Cl)cc23)C[C@H]1C.C[CH-]C.Cc1nc(C(C)C)nc(C(C)C)c1-n1c(=O)nc(N2C[C@@H](C)CC[C@@H]2C)c2cc(Cl)c(-c3ccccc3F)nc21.Cc1nc(Cl)nc(C(C)C)c1-n1c(=O)nc(N2C[C@@H](C)CC[C@@H]2C)c2cc(Cl)c(-c3ccccc3F)nc21.[Zn+][Br]. The molecule has 3 fully saturated rings. The van der Waals surface area contributed by atoms with Gasteiger partial charge in [-0.25, -0.2) is 86.1 Å². The van der Waals surface area contributed by atoms with Gasteiger partial charge in [-0.3, -0.25) is 4.79 Å². The summed E-state index contributed by atoms with van der Waals surface area (Å²) in [5, 5.41) is 2.60.